The molecule has 0 radical (unpaired) electrons. The first-order chi connectivity index (χ1) is 11.7. The van der Waals surface area contributed by atoms with Gasteiger partial charge in [0.05, 0.1) is 13.2 Å². The van der Waals surface area contributed by atoms with Crippen molar-refractivity contribution in [3.63, 3.8) is 0 Å². The van der Waals surface area contributed by atoms with E-state index in [1.165, 1.54) is 13.2 Å². The quantitative estimate of drug-likeness (QED) is 0.644. The largest absolute Gasteiger partial charge is 0.471 e. The molecule has 5 nitrogen and oxygen atoms in total. The molecular formula is C18H14ClNO4. The van der Waals surface area contributed by atoms with Crippen LogP contribution in [0.4, 0.5) is 0 Å². The molecule has 0 fully saturated rings. The highest BCUT2D eigenvalue weighted by atomic mass is 35.5. The van der Waals surface area contributed by atoms with Gasteiger partial charge in [-0.1, -0.05) is 48.0 Å². The van der Waals surface area contributed by atoms with Crippen molar-refractivity contribution in [2.75, 3.05) is 7.11 Å². The van der Waals surface area contributed by atoms with E-state index in [0.717, 1.165) is 16.7 Å². The van der Waals surface area contributed by atoms with Crippen molar-refractivity contribution in [1.29, 1.82) is 0 Å². The van der Waals surface area contributed by atoms with E-state index in [4.69, 9.17) is 20.9 Å². The Morgan fingerprint density at radius 3 is 2.33 bits per heavy atom. The minimum Gasteiger partial charge on any atom is -0.471 e. The van der Waals surface area contributed by atoms with Crippen LogP contribution >= 0.6 is 11.6 Å². The van der Waals surface area contributed by atoms with Gasteiger partial charge in [-0.15, -0.1) is 0 Å². The van der Waals surface area contributed by atoms with Crippen LogP contribution in [0.2, 0.25) is 5.02 Å². The summed E-state index contributed by atoms with van der Waals surface area (Å²) in [6.07, 6.45) is 0. The maximum atomic E-state index is 11.3. The summed E-state index contributed by atoms with van der Waals surface area (Å²) in [6, 6.07) is 17.0. The Morgan fingerprint density at radius 2 is 1.71 bits per heavy atom. The minimum absolute atomic E-state index is 0.00517. The summed E-state index contributed by atoms with van der Waals surface area (Å²) in [5.41, 5.74) is 3.14. The topological polar surface area (TPSA) is 61.6 Å². The summed E-state index contributed by atoms with van der Waals surface area (Å²) in [4.78, 5) is 11.3. The predicted octanol–water partition coefficient (Wildman–Crippen LogP) is 4.36. The van der Waals surface area contributed by atoms with Gasteiger partial charge in [0.25, 0.3) is 5.88 Å². The Morgan fingerprint density at radius 1 is 1.08 bits per heavy atom. The number of hydrogen-bond donors (Lipinski definition) is 0. The molecule has 3 rings (SSSR count). The van der Waals surface area contributed by atoms with Gasteiger partial charge in [0.15, 0.2) is 0 Å². The summed E-state index contributed by atoms with van der Waals surface area (Å²) in [5.74, 6) is -0.354. The minimum atomic E-state index is -0.593. The number of carbonyl (C=O) groups is 1. The zero-order valence-electron chi connectivity index (χ0n) is 12.9. The van der Waals surface area contributed by atoms with Gasteiger partial charge in [-0.3, -0.25) is 0 Å². The fourth-order valence-corrected chi connectivity index (χ4v) is 2.24. The number of halogens is 1. The number of rotatable bonds is 5. The smallest absolute Gasteiger partial charge is 0.377 e. The lowest BCUT2D eigenvalue weighted by atomic mass is 10.0. The van der Waals surface area contributed by atoms with Gasteiger partial charge in [-0.05, 0) is 34.0 Å². The van der Waals surface area contributed by atoms with Gasteiger partial charge < -0.3 is 14.0 Å². The second-order valence-corrected chi connectivity index (χ2v) is 5.45. The molecule has 0 aliphatic carbocycles. The van der Waals surface area contributed by atoms with Gasteiger partial charge in [-0.2, -0.15) is 0 Å². The van der Waals surface area contributed by atoms with Gasteiger partial charge >= 0.3 is 5.97 Å². The summed E-state index contributed by atoms with van der Waals surface area (Å²) >= 11 is 5.90. The van der Waals surface area contributed by atoms with Gasteiger partial charge in [0, 0.05) is 5.02 Å². The standard InChI is InChI=1S/C18H14ClNO4/c1-22-18(21)16-10-17(20-24-16)23-11-12-2-4-13(5-3-12)14-6-8-15(19)9-7-14/h2-10H,11H2,1H3. The molecule has 1 heterocycles. The summed E-state index contributed by atoms with van der Waals surface area (Å²) < 4.78 is 14.9. The molecule has 0 aliphatic rings. The van der Waals surface area contributed by atoms with E-state index >= 15 is 0 Å². The van der Waals surface area contributed by atoms with Crippen LogP contribution in [-0.4, -0.2) is 18.2 Å². The number of hydrogen-bond acceptors (Lipinski definition) is 5. The first kappa shape index (κ1) is 16.1. The fourth-order valence-electron chi connectivity index (χ4n) is 2.12. The average molecular weight is 344 g/mol. The first-order valence-electron chi connectivity index (χ1n) is 7.18. The van der Waals surface area contributed by atoms with Crippen LogP contribution in [0.1, 0.15) is 16.1 Å². The van der Waals surface area contributed by atoms with E-state index in [1.54, 1.807) is 0 Å². The van der Waals surface area contributed by atoms with Crippen molar-refractivity contribution < 1.29 is 18.8 Å². The Kier molecular flexibility index (Phi) is 4.82. The van der Waals surface area contributed by atoms with Gasteiger partial charge in [-0.25, -0.2) is 4.79 Å². The second kappa shape index (κ2) is 7.19. The number of nitrogens with zero attached hydrogens (tertiary/aromatic N) is 1. The molecule has 0 bridgehead atoms. The van der Waals surface area contributed by atoms with Crippen LogP contribution < -0.4 is 4.74 Å². The number of aromatic nitrogens is 1. The highest BCUT2D eigenvalue weighted by Crippen LogP contribution is 2.22. The van der Waals surface area contributed by atoms with E-state index < -0.39 is 5.97 Å². The van der Waals surface area contributed by atoms with Crippen molar-refractivity contribution in [3.8, 4) is 17.0 Å². The number of methoxy groups -OCH3 is 1. The number of benzene rings is 2. The fraction of sp³-hybridized carbons (Fsp3) is 0.111. The molecule has 0 aliphatic heterocycles. The molecular weight excluding hydrogens is 330 g/mol. The zero-order chi connectivity index (χ0) is 16.9. The molecule has 0 saturated heterocycles. The highest BCUT2D eigenvalue weighted by Gasteiger charge is 2.13. The van der Waals surface area contributed by atoms with Crippen LogP contribution in [0.15, 0.2) is 59.1 Å². The van der Waals surface area contributed by atoms with Crippen molar-refractivity contribution in [2.24, 2.45) is 0 Å². The third-order valence-corrected chi connectivity index (χ3v) is 3.65. The Hall–Kier alpha value is -2.79. The third kappa shape index (κ3) is 3.75. The summed E-state index contributed by atoms with van der Waals surface area (Å²) in [7, 11) is 1.27. The van der Waals surface area contributed by atoms with E-state index in [1.807, 2.05) is 48.5 Å². The van der Waals surface area contributed by atoms with Gasteiger partial charge in [0.2, 0.25) is 5.76 Å². The summed E-state index contributed by atoms with van der Waals surface area (Å²) in [6.45, 7) is 0.314. The normalized spacial score (nSPS) is 10.4. The molecule has 122 valence electrons. The SMILES string of the molecule is COC(=O)c1cc(OCc2ccc(-c3ccc(Cl)cc3)cc2)no1. The number of ether oxygens (including phenoxy) is 2. The molecule has 6 heteroatoms. The van der Waals surface area contributed by atoms with E-state index in [-0.39, 0.29) is 11.6 Å². The molecule has 1 aromatic heterocycles. The van der Waals surface area contributed by atoms with Gasteiger partial charge in [0.1, 0.15) is 6.61 Å². The average Bonchev–Trinajstić information content (AvgIpc) is 3.09. The van der Waals surface area contributed by atoms with E-state index in [0.29, 0.717) is 11.6 Å². The highest BCUT2D eigenvalue weighted by molar-refractivity contribution is 6.30. The molecule has 2 aromatic carbocycles. The van der Waals surface area contributed by atoms with Crippen molar-refractivity contribution in [2.45, 2.75) is 6.61 Å². The Bertz CT molecular complexity index is 825. The second-order valence-electron chi connectivity index (χ2n) is 5.01. The lowest BCUT2D eigenvalue weighted by molar-refractivity contribution is 0.0554. The summed E-state index contributed by atoms with van der Waals surface area (Å²) in [5, 5.41) is 4.37. The molecule has 0 atom stereocenters. The third-order valence-electron chi connectivity index (χ3n) is 3.39. The molecule has 0 spiro atoms. The predicted molar refractivity (Wildman–Crippen MR) is 89.1 cm³/mol. The molecule has 0 amide bonds. The molecule has 3 aromatic rings. The van der Waals surface area contributed by atoms with Crippen LogP contribution in [0.25, 0.3) is 11.1 Å². The zero-order valence-corrected chi connectivity index (χ0v) is 13.6. The number of carbonyl (C=O) groups excluding carboxylic acids is 1. The van der Waals surface area contributed by atoms with Crippen LogP contribution in [0, 0.1) is 0 Å². The Labute approximate surface area is 143 Å². The molecule has 24 heavy (non-hydrogen) atoms. The van der Waals surface area contributed by atoms with Crippen molar-refractivity contribution in [3.05, 3.63) is 70.9 Å². The van der Waals surface area contributed by atoms with Crippen molar-refractivity contribution >= 4 is 17.6 Å². The molecule has 0 saturated carbocycles. The maximum Gasteiger partial charge on any atom is 0.377 e. The maximum absolute atomic E-state index is 11.3. The van der Waals surface area contributed by atoms with Crippen LogP contribution in [-0.2, 0) is 11.3 Å². The van der Waals surface area contributed by atoms with E-state index in [2.05, 4.69) is 9.89 Å². The molecule has 0 unspecified atom stereocenters. The lowest BCUT2D eigenvalue weighted by Crippen LogP contribution is -1.98. The number of esters is 1. The lowest BCUT2D eigenvalue weighted by Gasteiger charge is -2.05. The van der Waals surface area contributed by atoms with Crippen LogP contribution in [0.5, 0.6) is 5.88 Å². The van der Waals surface area contributed by atoms with Crippen LogP contribution in [0.3, 0.4) is 0 Å². The van der Waals surface area contributed by atoms with E-state index in [9.17, 15) is 4.79 Å². The first-order valence-corrected chi connectivity index (χ1v) is 7.56. The monoisotopic (exact) mass is 343 g/mol. The Balaban J connectivity index is 1.63. The van der Waals surface area contributed by atoms with Crippen molar-refractivity contribution in [1.82, 2.24) is 5.16 Å². The molecule has 0 N–H and O–H groups in total.